The van der Waals surface area contributed by atoms with Crippen LogP contribution in [-0.4, -0.2) is 156 Å². The van der Waals surface area contributed by atoms with Gasteiger partial charge in [0.25, 0.3) is 11.8 Å². The van der Waals surface area contributed by atoms with Crippen LogP contribution in [0.2, 0.25) is 0 Å². The van der Waals surface area contributed by atoms with Gasteiger partial charge in [-0.3, -0.25) is 53.2 Å². The van der Waals surface area contributed by atoms with Crippen molar-refractivity contribution in [1.29, 1.82) is 0 Å². The van der Waals surface area contributed by atoms with E-state index in [0.717, 1.165) is 12.8 Å². The summed E-state index contributed by atoms with van der Waals surface area (Å²) in [5, 5.41) is 30.1. The highest BCUT2D eigenvalue weighted by molar-refractivity contribution is 6.12. The number of rotatable bonds is 23. The molecule has 0 unspecified atom stereocenters. The molecule has 0 aromatic heterocycles. The van der Waals surface area contributed by atoms with E-state index in [1.54, 1.807) is 4.90 Å². The molecule has 0 saturated heterocycles. The van der Waals surface area contributed by atoms with Crippen LogP contribution in [0.15, 0.2) is 12.2 Å². The second-order valence-corrected chi connectivity index (χ2v) is 9.38. The zero-order valence-corrected chi connectivity index (χ0v) is 23.2. The highest BCUT2D eigenvalue weighted by atomic mass is 16.5. The summed E-state index contributed by atoms with van der Waals surface area (Å²) in [5.41, 5.74) is 0. The maximum absolute atomic E-state index is 12.6. The standard InChI is InChI=1S/C25H39N5O11/c1-41-25(40)18-29(17-24(38)39)13-11-27(10-12-28(15-22(34)35)16-23(36)37)14-19(31)26-8-4-2-3-5-9-30-20(32)6-7-21(30)33/h6-7H,2-5,8-18H2,1H3,(H,26,31)(H,34,35)(H,36,37)(H,38,39). The number of hydrogen-bond donors (Lipinski definition) is 4. The molecule has 0 aromatic carbocycles. The summed E-state index contributed by atoms with van der Waals surface area (Å²) in [6, 6.07) is 0. The molecule has 1 rings (SSSR count). The van der Waals surface area contributed by atoms with Crippen molar-refractivity contribution in [3.63, 3.8) is 0 Å². The molecule has 0 fully saturated rings. The van der Waals surface area contributed by atoms with E-state index in [2.05, 4.69) is 10.1 Å². The number of hydrogen-bond acceptors (Lipinski definition) is 11. The number of carbonyl (C=O) groups excluding carboxylic acids is 4. The molecular formula is C25H39N5O11. The lowest BCUT2D eigenvalue weighted by atomic mass is 10.2. The number of esters is 1. The normalized spacial score (nSPS) is 12.9. The number of ether oxygens (including phenoxy) is 1. The SMILES string of the molecule is COC(=O)CN(CCN(CCN(CC(=O)O)CC(=O)O)CC(=O)NCCCCCCN1C(=O)C=CC1=O)CC(=O)O. The second-order valence-electron chi connectivity index (χ2n) is 9.38. The number of carbonyl (C=O) groups is 7. The van der Waals surface area contributed by atoms with Crippen molar-refractivity contribution < 1.29 is 53.6 Å². The number of unbranched alkanes of at least 4 members (excludes halogenated alkanes) is 3. The fraction of sp³-hybridized carbons (Fsp3) is 0.640. The maximum atomic E-state index is 12.6. The summed E-state index contributed by atoms with van der Waals surface area (Å²) in [6.45, 7) is -0.867. The van der Waals surface area contributed by atoms with Gasteiger partial charge in [0, 0.05) is 51.4 Å². The first kappa shape index (κ1) is 35.1. The summed E-state index contributed by atoms with van der Waals surface area (Å²) in [4.78, 5) is 86.1. The van der Waals surface area contributed by atoms with Crippen molar-refractivity contribution in [3.05, 3.63) is 12.2 Å². The van der Waals surface area contributed by atoms with Crippen LogP contribution < -0.4 is 5.32 Å². The predicted octanol–water partition coefficient (Wildman–Crippen LogP) is -2.08. The van der Waals surface area contributed by atoms with Crippen LogP contribution >= 0.6 is 0 Å². The Balaban J connectivity index is 2.61. The van der Waals surface area contributed by atoms with Crippen LogP contribution in [0.25, 0.3) is 0 Å². The van der Waals surface area contributed by atoms with E-state index < -0.39 is 43.5 Å². The van der Waals surface area contributed by atoms with Crippen molar-refractivity contribution in [2.75, 3.05) is 79.1 Å². The van der Waals surface area contributed by atoms with Crippen LogP contribution in [0.5, 0.6) is 0 Å². The third-order valence-corrected chi connectivity index (χ3v) is 6.02. The van der Waals surface area contributed by atoms with Crippen LogP contribution in [0, 0.1) is 0 Å². The quantitative estimate of drug-likeness (QED) is 0.0575. The fourth-order valence-electron chi connectivity index (χ4n) is 3.97. The van der Waals surface area contributed by atoms with Crippen molar-refractivity contribution in [1.82, 2.24) is 24.9 Å². The van der Waals surface area contributed by atoms with Gasteiger partial charge >= 0.3 is 23.9 Å². The van der Waals surface area contributed by atoms with Crippen molar-refractivity contribution in [3.8, 4) is 0 Å². The Kier molecular flexibility index (Phi) is 16.5. The molecule has 0 bridgehead atoms. The van der Waals surface area contributed by atoms with Gasteiger partial charge in [-0.2, -0.15) is 0 Å². The monoisotopic (exact) mass is 585 g/mol. The van der Waals surface area contributed by atoms with Gasteiger partial charge in [-0.05, 0) is 12.8 Å². The average Bonchev–Trinajstić information content (AvgIpc) is 3.20. The molecule has 16 nitrogen and oxygen atoms in total. The number of nitrogens with zero attached hydrogens (tertiary/aromatic N) is 4. The van der Waals surface area contributed by atoms with Gasteiger partial charge in [-0.1, -0.05) is 12.8 Å². The van der Waals surface area contributed by atoms with Crippen molar-refractivity contribution >= 4 is 41.6 Å². The van der Waals surface area contributed by atoms with Gasteiger partial charge in [0.2, 0.25) is 5.91 Å². The molecule has 1 aliphatic heterocycles. The first-order valence-electron chi connectivity index (χ1n) is 13.1. The molecule has 0 atom stereocenters. The Morgan fingerprint density at radius 3 is 1.66 bits per heavy atom. The number of carboxylic acids is 3. The molecule has 0 aliphatic carbocycles. The molecular weight excluding hydrogens is 546 g/mol. The lowest BCUT2D eigenvalue weighted by molar-refractivity contribution is -0.145. The summed E-state index contributed by atoms with van der Waals surface area (Å²) in [6.07, 6.45) is 5.27. The van der Waals surface area contributed by atoms with E-state index in [0.29, 0.717) is 25.9 Å². The molecule has 16 heteroatoms. The molecule has 230 valence electrons. The Morgan fingerprint density at radius 2 is 1.17 bits per heavy atom. The minimum atomic E-state index is -1.21. The van der Waals surface area contributed by atoms with Crippen LogP contribution in [-0.2, 0) is 38.3 Å². The summed E-state index contributed by atoms with van der Waals surface area (Å²) in [7, 11) is 1.17. The van der Waals surface area contributed by atoms with Crippen LogP contribution in [0.3, 0.4) is 0 Å². The Bertz CT molecular complexity index is 938. The summed E-state index contributed by atoms with van der Waals surface area (Å²) < 4.78 is 4.60. The highest BCUT2D eigenvalue weighted by Gasteiger charge is 2.22. The minimum absolute atomic E-state index is 0.0132. The third-order valence-electron chi connectivity index (χ3n) is 6.02. The van der Waals surface area contributed by atoms with Gasteiger partial charge in [0.05, 0.1) is 39.8 Å². The van der Waals surface area contributed by atoms with E-state index in [1.165, 1.54) is 34.0 Å². The number of carboxylic acid groups (broad SMARTS) is 3. The highest BCUT2D eigenvalue weighted by Crippen LogP contribution is 2.07. The molecule has 0 spiro atoms. The van der Waals surface area contributed by atoms with Gasteiger partial charge < -0.3 is 25.4 Å². The van der Waals surface area contributed by atoms with E-state index in [4.69, 9.17) is 15.3 Å². The van der Waals surface area contributed by atoms with E-state index in [1.807, 2.05) is 0 Å². The van der Waals surface area contributed by atoms with E-state index in [-0.39, 0.29) is 57.0 Å². The number of amides is 3. The molecule has 1 heterocycles. The number of aliphatic carboxylic acids is 3. The fourth-order valence-corrected chi connectivity index (χ4v) is 3.97. The predicted molar refractivity (Wildman–Crippen MR) is 142 cm³/mol. The Morgan fingerprint density at radius 1 is 0.707 bits per heavy atom. The largest absolute Gasteiger partial charge is 0.480 e. The average molecular weight is 586 g/mol. The number of nitrogens with one attached hydrogen (secondary N) is 1. The van der Waals surface area contributed by atoms with Crippen LogP contribution in [0.4, 0.5) is 0 Å². The van der Waals surface area contributed by atoms with Gasteiger partial charge in [0.1, 0.15) is 0 Å². The van der Waals surface area contributed by atoms with E-state index in [9.17, 15) is 33.6 Å². The van der Waals surface area contributed by atoms with Crippen molar-refractivity contribution in [2.24, 2.45) is 0 Å². The Labute approximate surface area is 237 Å². The second kappa shape index (κ2) is 19.2. The topological polar surface area (TPSA) is 214 Å². The zero-order valence-electron chi connectivity index (χ0n) is 23.2. The van der Waals surface area contributed by atoms with Gasteiger partial charge in [0.15, 0.2) is 0 Å². The first-order valence-corrected chi connectivity index (χ1v) is 13.1. The van der Waals surface area contributed by atoms with Gasteiger partial charge in [-0.25, -0.2) is 0 Å². The molecule has 0 radical (unpaired) electrons. The molecule has 4 N–H and O–H groups in total. The lowest BCUT2D eigenvalue weighted by Crippen LogP contribution is -2.47. The Hall–Kier alpha value is -3.89. The number of methoxy groups -OCH3 is 1. The molecule has 0 saturated carbocycles. The molecule has 0 aromatic rings. The minimum Gasteiger partial charge on any atom is -0.480 e. The van der Waals surface area contributed by atoms with Gasteiger partial charge in [-0.15, -0.1) is 0 Å². The van der Waals surface area contributed by atoms with E-state index >= 15 is 0 Å². The molecule has 1 aliphatic rings. The third kappa shape index (κ3) is 16.1. The molecule has 41 heavy (non-hydrogen) atoms. The lowest BCUT2D eigenvalue weighted by Gasteiger charge is -2.28. The van der Waals surface area contributed by atoms with Crippen molar-refractivity contribution in [2.45, 2.75) is 25.7 Å². The number of imide groups is 1. The zero-order chi connectivity index (χ0) is 30.8. The first-order chi connectivity index (χ1) is 19.4. The summed E-state index contributed by atoms with van der Waals surface area (Å²) in [5.74, 6) is -5.21. The smallest absolute Gasteiger partial charge is 0.319 e. The molecule has 3 amide bonds. The maximum Gasteiger partial charge on any atom is 0.319 e. The van der Waals surface area contributed by atoms with Crippen LogP contribution in [0.1, 0.15) is 25.7 Å². The summed E-state index contributed by atoms with van der Waals surface area (Å²) >= 11 is 0.